The monoisotopic (exact) mass is 397 g/mol. The van der Waals surface area contributed by atoms with E-state index < -0.39 is 17.6 Å². The summed E-state index contributed by atoms with van der Waals surface area (Å²) in [5.74, 6) is -1.04. The Morgan fingerprint density at radius 3 is 1.67 bits per heavy atom. The molecule has 0 saturated carbocycles. The number of aromatic nitrogens is 2. The highest BCUT2D eigenvalue weighted by Gasteiger charge is 2.39. The van der Waals surface area contributed by atoms with Gasteiger partial charge in [-0.05, 0) is 22.8 Å². The Bertz CT molecular complexity index is 1010. The third-order valence-corrected chi connectivity index (χ3v) is 5.31. The lowest BCUT2D eigenvalue weighted by Gasteiger charge is -2.36. The third kappa shape index (κ3) is 3.51. The number of hydrogen-bond donors (Lipinski definition) is 2. The van der Waals surface area contributed by atoms with Crippen molar-refractivity contribution in [3.8, 4) is 0 Å². The van der Waals surface area contributed by atoms with Crippen LogP contribution in [0.25, 0.3) is 0 Å². The van der Waals surface area contributed by atoms with Gasteiger partial charge in [0.2, 0.25) is 0 Å². The van der Waals surface area contributed by atoms with Crippen molar-refractivity contribution in [1.29, 1.82) is 0 Å². The van der Waals surface area contributed by atoms with E-state index in [0.29, 0.717) is 5.69 Å². The summed E-state index contributed by atoms with van der Waals surface area (Å²) >= 11 is 0. The molecule has 5 nitrogen and oxygen atoms in total. The standard InChI is InChI=1S/C25H23N3O2/c26-23(24(29)30)18-22-16-17-28(27-22)25(19-10-4-1-5-11-19,20-12-6-2-7-13-20)21-14-8-3-9-15-21/h1-17,23H,18,26H2,(H,29,30). The molecule has 150 valence electrons. The molecule has 0 bridgehead atoms. The number of rotatable bonds is 7. The van der Waals surface area contributed by atoms with E-state index in [0.717, 1.165) is 16.7 Å². The molecule has 30 heavy (non-hydrogen) atoms. The number of aliphatic carboxylic acids is 1. The summed E-state index contributed by atoms with van der Waals surface area (Å²) in [4.78, 5) is 11.2. The predicted octanol–water partition coefficient (Wildman–Crippen LogP) is 3.68. The van der Waals surface area contributed by atoms with E-state index in [9.17, 15) is 9.90 Å². The van der Waals surface area contributed by atoms with Crippen LogP contribution in [0.15, 0.2) is 103 Å². The summed E-state index contributed by atoms with van der Waals surface area (Å²) in [6.07, 6.45) is 2.06. The Hall–Kier alpha value is -3.70. The van der Waals surface area contributed by atoms with Crippen LogP contribution in [0.2, 0.25) is 0 Å². The molecule has 0 spiro atoms. The average molecular weight is 397 g/mol. The van der Waals surface area contributed by atoms with E-state index in [-0.39, 0.29) is 6.42 Å². The van der Waals surface area contributed by atoms with Gasteiger partial charge >= 0.3 is 5.97 Å². The van der Waals surface area contributed by atoms with E-state index >= 15 is 0 Å². The van der Waals surface area contributed by atoms with Crippen molar-refractivity contribution in [2.24, 2.45) is 5.73 Å². The van der Waals surface area contributed by atoms with Crippen LogP contribution in [-0.4, -0.2) is 26.9 Å². The van der Waals surface area contributed by atoms with Gasteiger partial charge in [0.05, 0.1) is 5.69 Å². The number of benzene rings is 3. The quantitative estimate of drug-likeness (QED) is 0.466. The summed E-state index contributed by atoms with van der Waals surface area (Å²) in [5, 5.41) is 14.0. The van der Waals surface area contributed by atoms with Crippen molar-refractivity contribution in [3.05, 3.63) is 126 Å². The van der Waals surface area contributed by atoms with E-state index in [4.69, 9.17) is 10.8 Å². The first-order chi connectivity index (χ1) is 14.6. The molecule has 1 unspecified atom stereocenters. The zero-order valence-electron chi connectivity index (χ0n) is 16.4. The molecule has 0 fully saturated rings. The first-order valence-electron chi connectivity index (χ1n) is 9.82. The van der Waals surface area contributed by atoms with Gasteiger partial charge in [0.15, 0.2) is 0 Å². The summed E-state index contributed by atoms with van der Waals surface area (Å²) in [5.41, 5.74) is 8.84. The van der Waals surface area contributed by atoms with Crippen LogP contribution < -0.4 is 5.73 Å². The minimum Gasteiger partial charge on any atom is -0.480 e. The normalized spacial score (nSPS) is 12.4. The second-order valence-corrected chi connectivity index (χ2v) is 7.21. The molecule has 4 aromatic rings. The van der Waals surface area contributed by atoms with Crippen molar-refractivity contribution >= 4 is 5.97 Å². The first-order valence-corrected chi connectivity index (χ1v) is 9.82. The summed E-state index contributed by atoms with van der Waals surface area (Å²) in [7, 11) is 0. The van der Waals surface area contributed by atoms with Crippen LogP contribution in [-0.2, 0) is 16.8 Å². The van der Waals surface area contributed by atoms with E-state index in [1.54, 1.807) is 0 Å². The van der Waals surface area contributed by atoms with Gasteiger partial charge in [0.25, 0.3) is 0 Å². The molecule has 1 aromatic heterocycles. The Balaban J connectivity index is 1.97. The lowest BCUT2D eigenvalue weighted by molar-refractivity contribution is -0.138. The van der Waals surface area contributed by atoms with Crippen LogP contribution in [0.3, 0.4) is 0 Å². The predicted molar refractivity (Wildman–Crippen MR) is 116 cm³/mol. The largest absolute Gasteiger partial charge is 0.480 e. The zero-order chi connectivity index (χ0) is 21.0. The molecule has 0 aliphatic rings. The number of carboxylic acid groups (broad SMARTS) is 1. The van der Waals surface area contributed by atoms with Crippen LogP contribution in [0.4, 0.5) is 0 Å². The van der Waals surface area contributed by atoms with Gasteiger partial charge in [0.1, 0.15) is 11.6 Å². The minimum atomic E-state index is -1.04. The first kappa shape index (κ1) is 19.6. The van der Waals surface area contributed by atoms with E-state index in [2.05, 4.69) is 36.4 Å². The minimum absolute atomic E-state index is 0.163. The van der Waals surface area contributed by atoms with Crippen molar-refractivity contribution in [2.75, 3.05) is 0 Å². The van der Waals surface area contributed by atoms with Crippen molar-refractivity contribution in [2.45, 2.75) is 18.0 Å². The fraction of sp³-hybridized carbons (Fsp3) is 0.120. The molecule has 0 aliphatic carbocycles. The maximum absolute atomic E-state index is 11.2. The number of nitrogens with zero attached hydrogens (tertiary/aromatic N) is 2. The van der Waals surface area contributed by atoms with Crippen molar-refractivity contribution in [3.63, 3.8) is 0 Å². The van der Waals surface area contributed by atoms with Gasteiger partial charge in [-0.3, -0.25) is 9.48 Å². The summed E-state index contributed by atoms with van der Waals surface area (Å²) < 4.78 is 1.91. The van der Waals surface area contributed by atoms with Gasteiger partial charge in [-0.25, -0.2) is 0 Å². The molecular weight excluding hydrogens is 374 g/mol. The highest BCUT2D eigenvalue weighted by atomic mass is 16.4. The van der Waals surface area contributed by atoms with Gasteiger partial charge in [-0.1, -0.05) is 91.0 Å². The number of nitrogens with two attached hydrogens (primary N) is 1. The fourth-order valence-corrected chi connectivity index (χ4v) is 3.90. The molecule has 0 aliphatic heterocycles. The van der Waals surface area contributed by atoms with Gasteiger partial charge in [-0.2, -0.15) is 5.10 Å². The maximum Gasteiger partial charge on any atom is 0.320 e. The average Bonchev–Trinajstić information content (AvgIpc) is 3.25. The number of hydrogen-bond acceptors (Lipinski definition) is 3. The molecule has 3 aromatic carbocycles. The lowest BCUT2D eigenvalue weighted by Crippen LogP contribution is -2.38. The molecule has 1 atom stereocenters. The molecule has 5 heteroatoms. The molecule has 0 saturated heterocycles. The summed E-state index contributed by atoms with van der Waals surface area (Å²) in [6, 6.07) is 31.4. The van der Waals surface area contributed by atoms with E-state index in [1.165, 1.54) is 0 Å². The Morgan fingerprint density at radius 2 is 1.27 bits per heavy atom. The zero-order valence-corrected chi connectivity index (χ0v) is 16.4. The van der Waals surface area contributed by atoms with Crippen molar-refractivity contribution < 1.29 is 9.90 Å². The lowest BCUT2D eigenvalue weighted by atomic mass is 9.77. The molecule has 3 N–H and O–H groups in total. The number of carboxylic acids is 1. The SMILES string of the molecule is NC(Cc1ccn(C(c2ccccc2)(c2ccccc2)c2ccccc2)n1)C(=O)O. The summed E-state index contributed by atoms with van der Waals surface area (Å²) in [6.45, 7) is 0. The highest BCUT2D eigenvalue weighted by molar-refractivity contribution is 5.73. The fourth-order valence-electron chi connectivity index (χ4n) is 3.90. The smallest absolute Gasteiger partial charge is 0.320 e. The Kier molecular flexibility index (Phi) is 5.46. The Labute approximate surface area is 175 Å². The molecule has 4 rings (SSSR count). The van der Waals surface area contributed by atoms with Crippen molar-refractivity contribution in [1.82, 2.24) is 9.78 Å². The molecular formula is C25H23N3O2. The van der Waals surface area contributed by atoms with Crippen LogP contribution in [0.5, 0.6) is 0 Å². The van der Waals surface area contributed by atoms with Crippen LogP contribution >= 0.6 is 0 Å². The highest BCUT2D eigenvalue weighted by Crippen LogP contribution is 2.40. The topological polar surface area (TPSA) is 81.1 Å². The molecule has 0 amide bonds. The van der Waals surface area contributed by atoms with E-state index in [1.807, 2.05) is 71.5 Å². The number of carbonyl (C=O) groups is 1. The maximum atomic E-state index is 11.2. The second kappa shape index (κ2) is 8.35. The van der Waals surface area contributed by atoms with Crippen LogP contribution in [0.1, 0.15) is 22.4 Å². The Morgan fingerprint density at radius 1 is 0.833 bits per heavy atom. The second-order valence-electron chi connectivity index (χ2n) is 7.21. The van der Waals surface area contributed by atoms with Gasteiger partial charge < -0.3 is 10.8 Å². The molecule has 1 heterocycles. The van der Waals surface area contributed by atoms with Gasteiger partial charge in [-0.15, -0.1) is 0 Å². The molecule has 0 radical (unpaired) electrons. The third-order valence-electron chi connectivity index (χ3n) is 5.31. The van der Waals surface area contributed by atoms with Crippen LogP contribution in [0, 0.1) is 0 Å². The van der Waals surface area contributed by atoms with Gasteiger partial charge in [0, 0.05) is 12.6 Å².